The molecule has 0 saturated carbocycles. The summed E-state index contributed by atoms with van der Waals surface area (Å²) in [5.41, 5.74) is 1.14. The largest absolute Gasteiger partial charge is 0.351 e. The van der Waals surface area contributed by atoms with Crippen LogP contribution >= 0.6 is 0 Å². The summed E-state index contributed by atoms with van der Waals surface area (Å²) >= 11 is 0. The summed E-state index contributed by atoms with van der Waals surface area (Å²) in [5, 5.41) is 7.24. The van der Waals surface area contributed by atoms with E-state index in [1.165, 1.54) is 18.3 Å². The molecule has 1 amide bonds. The third kappa shape index (κ3) is 3.77. The fourth-order valence-corrected chi connectivity index (χ4v) is 2.49. The molecule has 0 atom stereocenters. The summed E-state index contributed by atoms with van der Waals surface area (Å²) in [7, 11) is 3.90. The van der Waals surface area contributed by atoms with Gasteiger partial charge >= 0.3 is 0 Å². The van der Waals surface area contributed by atoms with Crippen molar-refractivity contribution in [1.29, 1.82) is 0 Å². The van der Waals surface area contributed by atoms with Gasteiger partial charge in [-0.25, -0.2) is 9.07 Å². The average Bonchev–Trinajstić information content (AvgIpc) is 3.24. The lowest BCUT2D eigenvalue weighted by molar-refractivity contribution is 0.0951. The van der Waals surface area contributed by atoms with Crippen molar-refractivity contribution in [2.75, 3.05) is 27.2 Å². The number of carbonyl (C=O) groups excluding carboxylic acids is 1. The molecule has 1 N–H and O–H groups in total. The fraction of sp³-hybridized carbons (Fsp3) is 0.222. The number of likely N-dealkylation sites (N-methyl/N-ethyl adjacent to an activating group) is 1. The Hall–Kier alpha value is -2.93. The van der Waals surface area contributed by atoms with E-state index in [4.69, 9.17) is 0 Å². The van der Waals surface area contributed by atoms with Gasteiger partial charge in [-0.05, 0) is 50.5 Å². The monoisotopic (exact) mass is 341 g/mol. The van der Waals surface area contributed by atoms with Crippen molar-refractivity contribution in [1.82, 2.24) is 24.6 Å². The van der Waals surface area contributed by atoms with Crippen LogP contribution in [0.4, 0.5) is 4.39 Å². The first-order chi connectivity index (χ1) is 12.1. The molecule has 2 aromatic heterocycles. The quantitative estimate of drug-likeness (QED) is 0.747. The van der Waals surface area contributed by atoms with Crippen molar-refractivity contribution >= 4 is 5.91 Å². The molecule has 0 spiro atoms. The van der Waals surface area contributed by atoms with Crippen LogP contribution in [-0.4, -0.2) is 52.3 Å². The molecule has 0 radical (unpaired) electrons. The van der Waals surface area contributed by atoms with Gasteiger partial charge in [-0.3, -0.25) is 4.79 Å². The third-order valence-electron chi connectivity index (χ3n) is 3.75. The number of nitrogens with zero attached hydrogens (tertiary/aromatic N) is 4. The maximum Gasteiger partial charge on any atom is 0.256 e. The van der Waals surface area contributed by atoms with Gasteiger partial charge in [0.25, 0.3) is 5.91 Å². The Labute approximate surface area is 145 Å². The zero-order valence-electron chi connectivity index (χ0n) is 14.2. The number of hydrogen-bond acceptors (Lipinski definition) is 3. The molecule has 25 heavy (non-hydrogen) atoms. The molecule has 1 aromatic carbocycles. The zero-order valence-corrected chi connectivity index (χ0v) is 14.2. The van der Waals surface area contributed by atoms with Crippen LogP contribution in [0.5, 0.6) is 0 Å². The van der Waals surface area contributed by atoms with E-state index in [9.17, 15) is 9.18 Å². The van der Waals surface area contributed by atoms with Gasteiger partial charge in [-0.1, -0.05) is 0 Å². The number of carbonyl (C=O) groups is 1. The van der Waals surface area contributed by atoms with E-state index in [0.29, 0.717) is 23.6 Å². The Morgan fingerprint density at radius 2 is 1.88 bits per heavy atom. The summed E-state index contributed by atoms with van der Waals surface area (Å²) in [6.45, 7) is 1.29. The van der Waals surface area contributed by atoms with Crippen LogP contribution in [0.1, 0.15) is 10.4 Å². The predicted octanol–water partition coefficient (Wildman–Crippen LogP) is 2.09. The normalized spacial score (nSPS) is 11.0. The molecule has 2 heterocycles. The predicted molar refractivity (Wildman–Crippen MR) is 93.7 cm³/mol. The van der Waals surface area contributed by atoms with E-state index in [1.54, 1.807) is 16.8 Å². The average molecular weight is 341 g/mol. The number of amides is 1. The number of halogens is 1. The van der Waals surface area contributed by atoms with E-state index in [2.05, 4.69) is 10.4 Å². The first kappa shape index (κ1) is 16.9. The smallest absolute Gasteiger partial charge is 0.256 e. The number of hydrogen-bond donors (Lipinski definition) is 1. The first-order valence-electron chi connectivity index (χ1n) is 7.96. The summed E-state index contributed by atoms with van der Waals surface area (Å²) < 4.78 is 16.7. The zero-order chi connectivity index (χ0) is 17.8. The first-order valence-corrected chi connectivity index (χ1v) is 7.96. The van der Waals surface area contributed by atoms with Crippen molar-refractivity contribution in [3.05, 3.63) is 66.4 Å². The molecule has 0 aliphatic rings. The molecule has 0 saturated heterocycles. The van der Waals surface area contributed by atoms with Crippen molar-refractivity contribution < 1.29 is 9.18 Å². The Kier molecular flexibility index (Phi) is 4.95. The molecular formula is C18H20FN5O. The molecule has 0 bridgehead atoms. The van der Waals surface area contributed by atoms with Gasteiger partial charge in [0, 0.05) is 25.5 Å². The highest BCUT2D eigenvalue weighted by Gasteiger charge is 2.19. The molecule has 0 aliphatic heterocycles. The molecule has 7 heteroatoms. The summed E-state index contributed by atoms with van der Waals surface area (Å²) in [6.07, 6.45) is 5.21. The fourth-order valence-electron chi connectivity index (χ4n) is 2.49. The van der Waals surface area contributed by atoms with Gasteiger partial charge in [0.05, 0.1) is 11.9 Å². The van der Waals surface area contributed by atoms with Gasteiger partial charge in [0.2, 0.25) is 0 Å². The second-order valence-electron chi connectivity index (χ2n) is 5.92. The maximum atomic E-state index is 13.2. The molecule has 3 rings (SSSR count). The summed E-state index contributed by atoms with van der Waals surface area (Å²) in [5.74, 6) is 0.0953. The SMILES string of the molecule is CN(C)CCNC(=O)c1cnn(-c2ccc(F)cc2)c1-n1cccc1. The number of nitrogens with one attached hydrogen (secondary N) is 1. The minimum absolute atomic E-state index is 0.195. The van der Waals surface area contributed by atoms with E-state index in [0.717, 1.165) is 6.54 Å². The van der Waals surface area contributed by atoms with Crippen molar-refractivity contribution in [3.8, 4) is 11.5 Å². The van der Waals surface area contributed by atoms with Crippen LogP contribution in [0.2, 0.25) is 0 Å². The Morgan fingerprint density at radius 1 is 1.20 bits per heavy atom. The highest BCUT2D eigenvalue weighted by atomic mass is 19.1. The molecular weight excluding hydrogens is 321 g/mol. The Balaban J connectivity index is 1.96. The van der Waals surface area contributed by atoms with Gasteiger partial charge in [0.15, 0.2) is 5.82 Å². The topological polar surface area (TPSA) is 55.1 Å². The second kappa shape index (κ2) is 7.31. The number of aromatic nitrogens is 3. The van der Waals surface area contributed by atoms with Gasteiger partial charge in [0.1, 0.15) is 11.4 Å². The van der Waals surface area contributed by atoms with E-state index >= 15 is 0 Å². The maximum absolute atomic E-state index is 13.2. The van der Waals surface area contributed by atoms with Crippen LogP contribution in [0.25, 0.3) is 11.5 Å². The van der Waals surface area contributed by atoms with Crippen LogP contribution in [0, 0.1) is 5.82 Å². The van der Waals surface area contributed by atoms with Crippen LogP contribution in [-0.2, 0) is 0 Å². The Bertz CT molecular complexity index is 837. The molecule has 130 valence electrons. The van der Waals surface area contributed by atoms with Crippen molar-refractivity contribution in [3.63, 3.8) is 0 Å². The summed E-state index contributed by atoms with van der Waals surface area (Å²) in [4.78, 5) is 14.6. The minimum atomic E-state index is -0.319. The Morgan fingerprint density at radius 3 is 2.52 bits per heavy atom. The lowest BCUT2D eigenvalue weighted by atomic mass is 10.2. The van der Waals surface area contributed by atoms with Crippen molar-refractivity contribution in [2.45, 2.75) is 0 Å². The number of benzene rings is 1. The molecule has 0 fully saturated rings. The van der Waals surface area contributed by atoms with Crippen LogP contribution in [0.3, 0.4) is 0 Å². The molecule has 0 unspecified atom stereocenters. The molecule has 6 nitrogen and oxygen atoms in total. The summed E-state index contributed by atoms with van der Waals surface area (Å²) in [6, 6.07) is 9.73. The highest BCUT2D eigenvalue weighted by molar-refractivity contribution is 5.97. The minimum Gasteiger partial charge on any atom is -0.351 e. The lowest BCUT2D eigenvalue weighted by Crippen LogP contribution is -2.31. The lowest BCUT2D eigenvalue weighted by Gasteiger charge is -2.12. The van der Waals surface area contributed by atoms with Crippen LogP contribution < -0.4 is 5.32 Å². The highest BCUT2D eigenvalue weighted by Crippen LogP contribution is 2.20. The van der Waals surface area contributed by atoms with E-state index < -0.39 is 0 Å². The standard InChI is InChI=1S/C18H20FN5O/c1-22(2)12-9-20-17(25)16-13-21-24(15-7-5-14(19)6-8-15)18(16)23-10-3-4-11-23/h3-8,10-11,13H,9,12H2,1-2H3,(H,20,25). The number of rotatable bonds is 6. The molecule has 0 aliphatic carbocycles. The van der Waals surface area contributed by atoms with E-state index in [1.807, 2.05) is 48.1 Å². The van der Waals surface area contributed by atoms with Gasteiger partial charge < -0.3 is 14.8 Å². The third-order valence-corrected chi connectivity index (χ3v) is 3.75. The van der Waals surface area contributed by atoms with E-state index in [-0.39, 0.29) is 11.7 Å². The van der Waals surface area contributed by atoms with Crippen molar-refractivity contribution in [2.24, 2.45) is 0 Å². The van der Waals surface area contributed by atoms with Gasteiger partial charge in [-0.2, -0.15) is 5.10 Å². The second-order valence-corrected chi connectivity index (χ2v) is 5.92. The molecule has 3 aromatic rings. The van der Waals surface area contributed by atoms with Gasteiger partial charge in [-0.15, -0.1) is 0 Å². The van der Waals surface area contributed by atoms with Crippen LogP contribution in [0.15, 0.2) is 55.0 Å².